The van der Waals surface area contributed by atoms with Crippen LogP contribution in [-0.2, 0) is 9.53 Å². The van der Waals surface area contributed by atoms with Crippen molar-refractivity contribution in [1.29, 1.82) is 0 Å². The van der Waals surface area contributed by atoms with Gasteiger partial charge in [-0.05, 0) is 37.1 Å². The van der Waals surface area contributed by atoms with Crippen molar-refractivity contribution in [3.8, 4) is 11.5 Å². The molecule has 0 N–H and O–H groups in total. The van der Waals surface area contributed by atoms with Crippen LogP contribution in [0.25, 0.3) is 6.08 Å². The number of esters is 1. The lowest BCUT2D eigenvalue weighted by Crippen LogP contribution is -2.24. The maximum Gasteiger partial charge on any atom is 0.346 e. The topological polar surface area (TPSA) is 61.8 Å². The highest BCUT2D eigenvalue weighted by Crippen LogP contribution is 2.37. The van der Waals surface area contributed by atoms with Crippen LogP contribution >= 0.6 is 0 Å². The second-order valence-electron chi connectivity index (χ2n) is 6.13. The highest BCUT2D eigenvalue weighted by atomic mass is 16.6. The van der Waals surface area contributed by atoms with E-state index in [1.807, 2.05) is 36.4 Å². The number of allylic oxidation sites excluding steroid dienone is 3. The van der Waals surface area contributed by atoms with Gasteiger partial charge in [0.15, 0.2) is 11.9 Å². The monoisotopic (exact) mass is 364 g/mol. The van der Waals surface area contributed by atoms with Gasteiger partial charge in [-0.25, -0.2) is 4.79 Å². The molecule has 138 valence electrons. The van der Waals surface area contributed by atoms with Crippen LogP contribution in [0.4, 0.5) is 0 Å². The van der Waals surface area contributed by atoms with Gasteiger partial charge in [0.05, 0.1) is 12.7 Å². The summed E-state index contributed by atoms with van der Waals surface area (Å²) in [7, 11) is 1.30. The largest absolute Gasteiger partial charge is 0.479 e. The van der Waals surface area contributed by atoms with Crippen LogP contribution in [0.3, 0.4) is 0 Å². The van der Waals surface area contributed by atoms with Crippen molar-refractivity contribution < 1.29 is 23.8 Å². The van der Waals surface area contributed by atoms with Gasteiger partial charge in [-0.15, -0.1) is 0 Å². The molecule has 0 aliphatic carbocycles. The van der Waals surface area contributed by atoms with Crippen molar-refractivity contribution in [3.05, 3.63) is 77.1 Å². The summed E-state index contributed by atoms with van der Waals surface area (Å²) in [5.74, 6) is 0.465. The van der Waals surface area contributed by atoms with Crippen molar-refractivity contribution in [3.63, 3.8) is 0 Å². The van der Waals surface area contributed by atoms with Gasteiger partial charge in [0.2, 0.25) is 5.78 Å². The average Bonchev–Trinajstić information content (AvgIpc) is 2.98. The van der Waals surface area contributed by atoms with Gasteiger partial charge < -0.3 is 14.2 Å². The molecule has 1 heterocycles. The summed E-state index contributed by atoms with van der Waals surface area (Å²) in [5, 5.41) is 0. The zero-order valence-corrected chi connectivity index (χ0v) is 15.4. The Bertz CT molecular complexity index is 925. The minimum atomic E-state index is -0.756. The summed E-state index contributed by atoms with van der Waals surface area (Å²) in [4.78, 5) is 24.1. The molecule has 0 saturated heterocycles. The van der Waals surface area contributed by atoms with Gasteiger partial charge in [0.1, 0.15) is 11.5 Å². The molecule has 5 heteroatoms. The Kier molecular flexibility index (Phi) is 5.41. The van der Waals surface area contributed by atoms with Crippen LogP contribution in [0.1, 0.15) is 28.4 Å². The van der Waals surface area contributed by atoms with E-state index in [9.17, 15) is 9.59 Å². The third kappa shape index (κ3) is 4.08. The van der Waals surface area contributed by atoms with Crippen molar-refractivity contribution in [2.75, 3.05) is 7.11 Å². The van der Waals surface area contributed by atoms with E-state index in [0.29, 0.717) is 17.1 Å². The summed E-state index contributed by atoms with van der Waals surface area (Å²) in [6, 6.07) is 13.1. The Morgan fingerprint density at radius 1 is 1.19 bits per heavy atom. The van der Waals surface area contributed by atoms with Crippen molar-refractivity contribution in [1.82, 2.24) is 0 Å². The molecule has 0 bridgehead atoms. The molecule has 0 aromatic heterocycles. The number of methoxy groups -OCH3 is 1. The molecule has 3 rings (SSSR count). The summed E-state index contributed by atoms with van der Waals surface area (Å²) in [6.07, 6.45) is 4.56. The zero-order chi connectivity index (χ0) is 19.4. The number of ketones is 1. The lowest BCUT2D eigenvalue weighted by atomic mass is 10.0. The second kappa shape index (κ2) is 7.91. The van der Waals surface area contributed by atoms with E-state index in [0.717, 1.165) is 11.1 Å². The molecular weight excluding hydrogens is 344 g/mol. The van der Waals surface area contributed by atoms with E-state index in [-0.39, 0.29) is 11.5 Å². The van der Waals surface area contributed by atoms with Gasteiger partial charge in [0.25, 0.3) is 0 Å². The van der Waals surface area contributed by atoms with Crippen LogP contribution in [0.5, 0.6) is 11.5 Å². The Labute approximate surface area is 157 Å². The molecule has 0 spiro atoms. The van der Waals surface area contributed by atoms with Gasteiger partial charge >= 0.3 is 5.97 Å². The quantitative estimate of drug-likeness (QED) is 0.590. The second-order valence-corrected chi connectivity index (χ2v) is 6.13. The number of carbonyl (C=O) groups is 2. The molecule has 1 aliphatic rings. The average molecular weight is 364 g/mol. The maximum atomic E-state index is 12.6. The number of fused-ring (bicyclic) bond motifs is 1. The molecular formula is C22H20O5. The molecule has 0 fully saturated rings. The molecule has 2 aromatic rings. The number of rotatable bonds is 5. The zero-order valence-electron chi connectivity index (χ0n) is 15.4. The van der Waals surface area contributed by atoms with Gasteiger partial charge in [0, 0.05) is 6.07 Å². The summed E-state index contributed by atoms with van der Waals surface area (Å²) < 4.78 is 16.0. The van der Waals surface area contributed by atoms with Crippen molar-refractivity contribution in [2.45, 2.75) is 20.0 Å². The lowest BCUT2D eigenvalue weighted by molar-refractivity contribution is -0.147. The minimum Gasteiger partial charge on any atom is -0.479 e. The molecule has 0 saturated carbocycles. The Balaban J connectivity index is 1.80. The number of benzene rings is 2. The van der Waals surface area contributed by atoms with E-state index in [1.54, 1.807) is 38.1 Å². The van der Waals surface area contributed by atoms with Crippen molar-refractivity contribution >= 4 is 17.8 Å². The standard InChI is InChI=1S/C22H20O5/c1-14-12-17(26-15(2)22(24)25-3)13-19-20(14)21(23)18(27-19)11-7-10-16-8-5-4-6-9-16/h4-13,15H,1-3H3/b10-7+,18-11-. The van der Waals surface area contributed by atoms with Crippen LogP contribution < -0.4 is 9.47 Å². The third-order valence-corrected chi connectivity index (χ3v) is 4.13. The van der Waals surface area contributed by atoms with Crippen LogP contribution in [-0.4, -0.2) is 25.0 Å². The number of Topliss-reactive ketones (excluding diaryl/α,β-unsaturated/α-hetero) is 1. The normalized spacial score (nSPS) is 15.5. The molecule has 1 unspecified atom stereocenters. The van der Waals surface area contributed by atoms with E-state index in [4.69, 9.17) is 9.47 Å². The summed E-state index contributed by atoms with van der Waals surface area (Å²) >= 11 is 0. The molecule has 2 aromatic carbocycles. The van der Waals surface area contributed by atoms with E-state index < -0.39 is 12.1 Å². The van der Waals surface area contributed by atoms with Crippen LogP contribution in [0, 0.1) is 6.92 Å². The highest BCUT2D eigenvalue weighted by Gasteiger charge is 2.30. The fourth-order valence-electron chi connectivity index (χ4n) is 2.79. The predicted octanol–water partition coefficient (Wildman–Crippen LogP) is 4.11. The van der Waals surface area contributed by atoms with Crippen LogP contribution in [0.15, 0.2) is 60.4 Å². The van der Waals surface area contributed by atoms with E-state index >= 15 is 0 Å². The molecule has 27 heavy (non-hydrogen) atoms. The third-order valence-electron chi connectivity index (χ3n) is 4.13. The number of aryl methyl sites for hydroxylation is 1. The molecule has 0 amide bonds. The van der Waals surface area contributed by atoms with E-state index in [2.05, 4.69) is 4.74 Å². The van der Waals surface area contributed by atoms with E-state index in [1.165, 1.54) is 7.11 Å². The maximum absolute atomic E-state index is 12.6. The van der Waals surface area contributed by atoms with Gasteiger partial charge in [-0.2, -0.15) is 0 Å². The fourth-order valence-corrected chi connectivity index (χ4v) is 2.79. The first-order chi connectivity index (χ1) is 13.0. The number of ether oxygens (including phenoxy) is 3. The Morgan fingerprint density at radius 2 is 1.93 bits per heavy atom. The summed E-state index contributed by atoms with van der Waals surface area (Å²) in [5.41, 5.74) is 2.26. The minimum absolute atomic E-state index is 0.173. The smallest absolute Gasteiger partial charge is 0.346 e. The van der Waals surface area contributed by atoms with Crippen LogP contribution in [0.2, 0.25) is 0 Å². The highest BCUT2D eigenvalue weighted by molar-refractivity contribution is 6.13. The number of hydrogen-bond acceptors (Lipinski definition) is 5. The SMILES string of the molecule is COC(=O)C(C)Oc1cc(C)c2c(c1)O/C(=C\C=C\c1ccccc1)C2=O. The van der Waals surface area contributed by atoms with Gasteiger partial charge in [-0.3, -0.25) is 4.79 Å². The molecule has 1 atom stereocenters. The fraction of sp³-hybridized carbons (Fsp3) is 0.182. The van der Waals surface area contributed by atoms with Gasteiger partial charge in [-0.1, -0.05) is 42.5 Å². The molecule has 1 aliphatic heterocycles. The Morgan fingerprint density at radius 3 is 2.63 bits per heavy atom. The lowest BCUT2D eigenvalue weighted by Gasteiger charge is -2.13. The van der Waals surface area contributed by atoms with Crippen molar-refractivity contribution in [2.24, 2.45) is 0 Å². The number of carbonyl (C=O) groups excluding carboxylic acids is 2. The summed E-state index contributed by atoms with van der Waals surface area (Å²) in [6.45, 7) is 3.40. The predicted molar refractivity (Wildman–Crippen MR) is 102 cm³/mol. The first-order valence-electron chi connectivity index (χ1n) is 8.54. The Hall–Kier alpha value is -3.34. The number of hydrogen-bond donors (Lipinski definition) is 0. The molecule has 0 radical (unpaired) electrons. The molecule has 5 nitrogen and oxygen atoms in total. The first kappa shape index (κ1) is 18.5. The first-order valence-corrected chi connectivity index (χ1v) is 8.54.